The summed E-state index contributed by atoms with van der Waals surface area (Å²) < 4.78 is 13.4. The number of allylic oxidation sites excluding steroid dienone is 1. The summed E-state index contributed by atoms with van der Waals surface area (Å²) in [6, 6.07) is 15.8. The Morgan fingerprint density at radius 1 is 1.13 bits per heavy atom. The zero-order valence-electron chi connectivity index (χ0n) is 20.4. The van der Waals surface area contributed by atoms with Crippen molar-refractivity contribution in [2.75, 3.05) is 6.61 Å². The van der Waals surface area contributed by atoms with Crippen molar-refractivity contribution in [3.05, 3.63) is 117 Å². The van der Waals surface area contributed by atoms with Crippen LogP contribution in [-0.4, -0.2) is 17.1 Å². The number of carbonyl (C=O) groups is 1. The van der Waals surface area contributed by atoms with E-state index in [0.717, 1.165) is 10.4 Å². The van der Waals surface area contributed by atoms with Crippen molar-refractivity contribution in [2.45, 2.75) is 26.5 Å². The molecule has 1 aliphatic heterocycles. The van der Waals surface area contributed by atoms with Gasteiger partial charge >= 0.3 is 5.97 Å². The number of carbonyl (C=O) groups excluding carboxylic acids is 1. The van der Waals surface area contributed by atoms with E-state index in [9.17, 15) is 9.59 Å². The van der Waals surface area contributed by atoms with Gasteiger partial charge in [0, 0.05) is 20.5 Å². The first kappa shape index (κ1) is 26.4. The van der Waals surface area contributed by atoms with Gasteiger partial charge in [-0.2, -0.15) is 0 Å². The number of halogens is 2. The van der Waals surface area contributed by atoms with Crippen LogP contribution in [0.15, 0.2) is 81.0 Å². The van der Waals surface area contributed by atoms with Crippen LogP contribution in [0.1, 0.15) is 35.9 Å². The Morgan fingerprint density at radius 3 is 2.61 bits per heavy atom. The lowest BCUT2D eigenvalue weighted by Gasteiger charge is -2.23. The molecule has 4 aromatic rings. The number of esters is 1. The average molecular weight is 586 g/mol. The van der Waals surface area contributed by atoms with E-state index in [4.69, 9.17) is 32.7 Å². The molecule has 0 fully saturated rings. The Balaban J connectivity index is 1.59. The maximum atomic E-state index is 13.8. The van der Waals surface area contributed by atoms with Crippen LogP contribution < -0.4 is 19.6 Å². The maximum Gasteiger partial charge on any atom is 0.338 e. The van der Waals surface area contributed by atoms with Gasteiger partial charge in [0.15, 0.2) is 4.80 Å². The minimum atomic E-state index is -0.618. The van der Waals surface area contributed by atoms with E-state index in [1.807, 2.05) is 29.6 Å². The monoisotopic (exact) mass is 584 g/mol. The molecule has 0 unspecified atom stereocenters. The van der Waals surface area contributed by atoms with Crippen molar-refractivity contribution in [3.8, 4) is 5.75 Å². The number of aromatic nitrogens is 1. The molecule has 0 amide bonds. The van der Waals surface area contributed by atoms with Crippen molar-refractivity contribution >= 4 is 57.9 Å². The fraction of sp³-hybridized carbons (Fsp3) is 0.179. The van der Waals surface area contributed by atoms with Gasteiger partial charge < -0.3 is 9.47 Å². The summed E-state index contributed by atoms with van der Waals surface area (Å²) in [5.74, 6) is 0.0996. The van der Waals surface area contributed by atoms with Gasteiger partial charge in [-0.05, 0) is 67.3 Å². The summed E-state index contributed by atoms with van der Waals surface area (Å²) >= 11 is 15.0. The minimum absolute atomic E-state index is 0.227. The van der Waals surface area contributed by atoms with E-state index in [-0.39, 0.29) is 12.2 Å². The third kappa shape index (κ3) is 5.35. The molecule has 0 aliphatic carbocycles. The summed E-state index contributed by atoms with van der Waals surface area (Å²) in [4.78, 5) is 32.7. The predicted molar refractivity (Wildman–Crippen MR) is 152 cm³/mol. The second kappa shape index (κ2) is 11.3. The van der Waals surface area contributed by atoms with Crippen LogP contribution >= 0.6 is 45.9 Å². The number of hydrogen-bond donors (Lipinski definition) is 0. The van der Waals surface area contributed by atoms with Crippen molar-refractivity contribution in [1.82, 2.24) is 4.57 Å². The Labute approximate surface area is 236 Å². The third-order valence-corrected chi connectivity index (χ3v) is 8.29. The zero-order chi connectivity index (χ0) is 26.8. The van der Waals surface area contributed by atoms with E-state index in [1.165, 1.54) is 22.7 Å². The molecule has 3 heterocycles. The first-order valence-corrected chi connectivity index (χ1v) is 14.2. The zero-order valence-corrected chi connectivity index (χ0v) is 23.6. The largest absolute Gasteiger partial charge is 0.488 e. The highest BCUT2D eigenvalue weighted by Crippen LogP contribution is 2.33. The molecule has 0 spiro atoms. The molecule has 2 aromatic carbocycles. The standard InChI is InChI=1S/C28H22Cl2N2O4S2/c1-3-35-27(34)24-16(2)31-28-32(25(24)22-5-4-12-37-22)26(33)23(38-28)14-18-13-20(30)10-11-21(18)36-15-17-6-8-19(29)9-7-17/h4-14,25H,3,15H2,1-2H3/b23-14-/t25-/m1/s1. The lowest BCUT2D eigenvalue weighted by Crippen LogP contribution is -2.39. The number of ether oxygens (including phenoxy) is 2. The number of nitrogens with zero attached hydrogens (tertiary/aromatic N) is 2. The van der Waals surface area contributed by atoms with Crippen molar-refractivity contribution in [3.63, 3.8) is 0 Å². The molecule has 38 heavy (non-hydrogen) atoms. The van der Waals surface area contributed by atoms with Gasteiger partial charge in [-0.1, -0.05) is 52.7 Å². The van der Waals surface area contributed by atoms with E-state index >= 15 is 0 Å². The van der Waals surface area contributed by atoms with Gasteiger partial charge in [0.1, 0.15) is 18.4 Å². The first-order chi connectivity index (χ1) is 18.4. The van der Waals surface area contributed by atoms with Gasteiger partial charge in [0.25, 0.3) is 5.56 Å². The fourth-order valence-electron chi connectivity index (χ4n) is 4.15. The van der Waals surface area contributed by atoms with Crippen LogP contribution in [0.2, 0.25) is 10.0 Å². The molecular weight excluding hydrogens is 563 g/mol. The molecule has 1 atom stereocenters. The first-order valence-electron chi connectivity index (χ1n) is 11.8. The van der Waals surface area contributed by atoms with Crippen molar-refractivity contribution in [2.24, 2.45) is 4.99 Å². The topological polar surface area (TPSA) is 69.9 Å². The van der Waals surface area contributed by atoms with Gasteiger partial charge in [-0.15, -0.1) is 11.3 Å². The minimum Gasteiger partial charge on any atom is -0.488 e. The second-order valence-corrected chi connectivity index (χ2v) is 11.3. The van der Waals surface area contributed by atoms with Crippen LogP contribution in [-0.2, 0) is 16.1 Å². The van der Waals surface area contributed by atoms with Gasteiger partial charge in [-0.25, -0.2) is 9.79 Å². The van der Waals surface area contributed by atoms with Gasteiger partial charge in [-0.3, -0.25) is 9.36 Å². The van der Waals surface area contributed by atoms with E-state index in [2.05, 4.69) is 4.99 Å². The number of benzene rings is 2. The Hall–Kier alpha value is -3.17. The molecule has 0 radical (unpaired) electrons. The Kier molecular flexibility index (Phi) is 7.85. The predicted octanol–water partition coefficient (Wildman–Crippen LogP) is 5.75. The quantitative estimate of drug-likeness (QED) is 0.259. The van der Waals surface area contributed by atoms with E-state index < -0.39 is 12.0 Å². The smallest absolute Gasteiger partial charge is 0.338 e. The lowest BCUT2D eigenvalue weighted by molar-refractivity contribution is -0.139. The van der Waals surface area contributed by atoms with E-state index in [0.29, 0.717) is 48.6 Å². The number of thiophene rings is 1. The van der Waals surface area contributed by atoms with Gasteiger partial charge in [0.2, 0.25) is 0 Å². The van der Waals surface area contributed by atoms with Crippen LogP contribution in [0.3, 0.4) is 0 Å². The van der Waals surface area contributed by atoms with Crippen LogP contribution in [0.4, 0.5) is 0 Å². The molecule has 1 aliphatic rings. The van der Waals surface area contributed by atoms with Crippen LogP contribution in [0.25, 0.3) is 6.08 Å². The highest BCUT2D eigenvalue weighted by Gasteiger charge is 2.33. The number of rotatable bonds is 7. The third-order valence-electron chi connectivity index (χ3n) is 5.90. The molecule has 194 valence electrons. The summed E-state index contributed by atoms with van der Waals surface area (Å²) in [5.41, 5.74) is 2.25. The molecule has 0 saturated carbocycles. The van der Waals surface area contributed by atoms with Crippen molar-refractivity contribution < 1.29 is 14.3 Å². The average Bonchev–Trinajstić information content (AvgIpc) is 3.52. The Morgan fingerprint density at radius 2 is 1.89 bits per heavy atom. The summed E-state index contributed by atoms with van der Waals surface area (Å²) in [7, 11) is 0. The number of thiazole rings is 1. The summed E-state index contributed by atoms with van der Waals surface area (Å²) in [5, 5.41) is 3.08. The number of fused-ring (bicyclic) bond motifs is 1. The molecule has 0 saturated heterocycles. The number of hydrogen-bond acceptors (Lipinski definition) is 7. The fourth-order valence-corrected chi connectivity index (χ4v) is 6.32. The SMILES string of the molecule is CCOC(=O)C1=C(C)N=c2s/c(=C\c3cc(Cl)ccc3OCc3ccc(Cl)cc3)c(=O)n2[C@@H]1c1cccs1. The molecular formula is C28H22Cl2N2O4S2. The van der Waals surface area contributed by atoms with Crippen LogP contribution in [0, 0.1) is 0 Å². The van der Waals surface area contributed by atoms with E-state index in [1.54, 1.807) is 54.8 Å². The molecule has 2 aromatic heterocycles. The van der Waals surface area contributed by atoms with Crippen LogP contribution in [0.5, 0.6) is 5.75 Å². The highest BCUT2D eigenvalue weighted by molar-refractivity contribution is 7.10. The molecule has 0 bridgehead atoms. The van der Waals surface area contributed by atoms with Crippen molar-refractivity contribution in [1.29, 1.82) is 0 Å². The Bertz CT molecular complexity index is 1700. The highest BCUT2D eigenvalue weighted by atomic mass is 35.5. The van der Waals surface area contributed by atoms with Gasteiger partial charge in [0.05, 0.1) is 22.4 Å². The second-order valence-electron chi connectivity index (χ2n) is 8.41. The molecule has 10 heteroatoms. The molecule has 6 nitrogen and oxygen atoms in total. The lowest BCUT2D eigenvalue weighted by atomic mass is 10.0. The summed E-state index contributed by atoms with van der Waals surface area (Å²) in [6.45, 7) is 4.07. The normalized spacial score (nSPS) is 15.3. The molecule has 0 N–H and O–H groups in total. The maximum absolute atomic E-state index is 13.8. The summed E-state index contributed by atoms with van der Waals surface area (Å²) in [6.07, 6.45) is 1.75. The molecule has 5 rings (SSSR count).